The van der Waals surface area contributed by atoms with E-state index >= 15 is 8.78 Å². The lowest BCUT2D eigenvalue weighted by atomic mass is 9.84. The predicted octanol–water partition coefficient (Wildman–Crippen LogP) is 9.00. The van der Waals surface area contributed by atoms with Gasteiger partial charge in [-0.25, -0.2) is 52.7 Å². The molecule has 0 fully saturated rings. The zero-order valence-electron chi connectivity index (χ0n) is 18.0. The van der Waals surface area contributed by atoms with Crippen LogP contribution < -0.4 is 0 Å². The van der Waals surface area contributed by atoms with Crippen molar-refractivity contribution in [3.63, 3.8) is 0 Å². The highest BCUT2D eigenvalue weighted by Crippen LogP contribution is 2.48. The van der Waals surface area contributed by atoms with E-state index in [0.717, 1.165) is 6.07 Å². The van der Waals surface area contributed by atoms with Gasteiger partial charge in [-0.1, -0.05) is 6.07 Å². The van der Waals surface area contributed by atoms with Crippen LogP contribution in [-0.2, 0) is 0 Å². The molecule has 5 rings (SSSR count). The number of hydrogen-bond donors (Lipinski definition) is 0. The van der Waals surface area contributed by atoms with Crippen LogP contribution in [0.4, 0.5) is 52.7 Å². The fraction of sp³-hybridized carbons (Fsp3) is 0. The highest BCUT2D eigenvalue weighted by Gasteiger charge is 2.32. The van der Waals surface area contributed by atoms with Gasteiger partial charge in [0, 0.05) is 28.0 Å². The molecule has 0 bridgehead atoms. The Balaban J connectivity index is 2.19. The summed E-state index contributed by atoms with van der Waals surface area (Å²) in [5, 5.41) is -4.43. The largest absolute Gasteiger partial charge is 0.207 e. The smallest absolute Gasteiger partial charge is 0.198 e. The SMILES string of the molecule is Fc1ccc2c(-c3cc(F)c(F)c(F)c3)c3c(F)c(F)c(F)c(F)c3c(-c3c(F)c(F)cc(F)c3F)c2c1. The molecule has 5 aromatic carbocycles. The van der Waals surface area contributed by atoms with Gasteiger partial charge in [-0.3, -0.25) is 0 Å². The van der Waals surface area contributed by atoms with Crippen molar-refractivity contribution in [1.82, 2.24) is 0 Å². The van der Waals surface area contributed by atoms with Crippen LogP contribution in [0.15, 0.2) is 36.4 Å². The van der Waals surface area contributed by atoms with Crippen LogP contribution in [0.1, 0.15) is 0 Å². The van der Waals surface area contributed by atoms with Gasteiger partial charge < -0.3 is 0 Å². The maximum Gasteiger partial charge on any atom is 0.198 e. The first-order valence-electron chi connectivity index (χ1n) is 10.2. The fourth-order valence-corrected chi connectivity index (χ4v) is 4.36. The molecule has 0 nitrogen and oxygen atoms in total. The Hall–Kier alpha value is -4.22. The van der Waals surface area contributed by atoms with Gasteiger partial charge in [0.15, 0.2) is 64.0 Å². The minimum Gasteiger partial charge on any atom is -0.207 e. The van der Waals surface area contributed by atoms with Gasteiger partial charge in [0.25, 0.3) is 0 Å². The van der Waals surface area contributed by atoms with Crippen LogP contribution in [-0.4, -0.2) is 0 Å². The fourth-order valence-electron chi connectivity index (χ4n) is 4.36. The van der Waals surface area contributed by atoms with Gasteiger partial charge >= 0.3 is 0 Å². The Bertz CT molecular complexity index is 1790. The van der Waals surface area contributed by atoms with Crippen LogP contribution in [0.2, 0.25) is 0 Å². The van der Waals surface area contributed by atoms with E-state index in [0.29, 0.717) is 12.1 Å². The standard InChI is InChI=1S/C26H6F12/c27-8-1-2-9-10(5-8)16(19-21(33)13(30)6-14(31)22(19)34)18-17(23(35)25(37)26(38)24(18)36)15(9)7-3-11(28)20(32)12(29)4-7/h1-6H. The molecular weight excluding hydrogens is 540 g/mol. The molecule has 0 saturated carbocycles. The molecule has 12 heteroatoms. The Morgan fingerprint density at radius 1 is 0.342 bits per heavy atom. The minimum absolute atomic E-state index is 0.227. The molecule has 5 aromatic rings. The molecule has 0 heterocycles. The molecule has 0 unspecified atom stereocenters. The average molecular weight is 546 g/mol. The lowest BCUT2D eigenvalue weighted by molar-refractivity contribution is 0.418. The van der Waals surface area contributed by atoms with E-state index in [1.807, 2.05) is 0 Å². The van der Waals surface area contributed by atoms with Gasteiger partial charge in [-0.05, 0) is 40.6 Å². The molecule has 0 amide bonds. The first-order chi connectivity index (χ1) is 17.8. The Labute approximate surface area is 203 Å². The molecule has 0 aromatic heterocycles. The normalized spacial score (nSPS) is 11.7. The third-order valence-electron chi connectivity index (χ3n) is 5.92. The number of fused-ring (bicyclic) bond motifs is 2. The Kier molecular flexibility index (Phi) is 5.80. The Morgan fingerprint density at radius 2 is 0.816 bits per heavy atom. The maximum absolute atomic E-state index is 15.3. The monoisotopic (exact) mass is 546 g/mol. The lowest BCUT2D eigenvalue weighted by Gasteiger charge is -2.20. The molecule has 0 aliphatic rings. The van der Waals surface area contributed by atoms with Gasteiger partial charge in [0.05, 0.1) is 5.56 Å². The second-order valence-corrected chi connectivity index (χ2v) is 8.04. The minimum atomic E-state index is -2.54. The summed E-state index contributed by atoms with van der Waals surface area (Å²) in [6.45, 7) is 0. The van der Waals surface area contributed by atoms with Crippen LogP contribution in [0, 0.1) is 69.8 Å². The quantitative estimate of drug-likeness (QED) is 0.0898. The first-order valence-corrected chi connectivity index (χ1v) is 10.2. The van der Waals surface area contributed by atoms with Gasteiger partial charge in [-0.15, -0.1) is 0 Å². The predicted molar refractivity (Wildman–Crippen MR) is 112 cm³/mol. The van der Waals surface area contributed by atoms with Crippen LogP contribution in [0.5, 0.6) is 0 Å². The lowest BCUT2D eigenvalue weighted by Crippen LogP contribution is -2.06. The van der Waals surface area contributed by atoms with Crippen molar-refractivity contribution >= 4 is 21.5 Å². The van der Waals surface area contributed by atoms with E-state index < -0.39 is 114 Å². The van der Waals surface area contributed by atoms with Gasteiger partial charge in [0.2, 0.25) is 0 Å². The van der Waals surface area contributed by atoms with Crippen molar-refractivity contribution in [2.24, 2.45) is 0 Å². The second kappa shape index (κ2) is 8.67. The van der Waals surface area contributed by atoms with Crippen molar-refractivity contribution in [3.8, 4) is 22.3 Å². The Morgan fingerprint density at radius 3 is 1.34 bits per heavy atom. The molecule has 0 spiro atoms. The van der Waals surface area contributed by atoms with E-state index in [2.05, 4.69) is 0 Å². The van der Waals surface area contributed by atoms with Crippen molar-refractivity contribution in [2.75, 3.05) is 0 Å². The first kappa shape index (κ1) is 25.4. The summed E-state index contributed by atoms with van der Waals surface area (Å²) >= 11 is 0. The summed E-state index contributed by atoms with van der Waals surface area (Å²) in [6.07, 6.45) is 0. The van der Waals surface area contributed by atoms with Gasteiger partial charge in [-0.2, -0.15) is 0 Å². The van der Waals surface area contributed by atoms with E-state index in [4.69, 9.17) is 0 Å². The summed E-state index contributed by atoms with van der Waals surface area (Å²) < 4.78 is 173. The van der Waals surface area contributed by atoms with Gasteiger partial charge in [0.1, 0.15) is 5.82 Å². The highest BCUT2D eigenvalue weighted by atomic mass is 19.2. The topological polar surface area (TPSA) is 0 Å². The molecular formula is C26H6F12. The highest BCUT2D eigenvalue weighted by molar-refractivity contribution is 6.21. The van der Waals surface area contributed by atoms with Crippen molar-refractivity contribution in [3.05, 3.63) is 106 Å². The van der Waals surface area contributed by atoms with E-state index in [-0.39, 0.29) is 18.2 Å². The zero-order valence-corrected chi connectivity index (χ0v) is 18.0. The number of halogens is 12. The summed E-state index contributed by atoms with van der Waals surface area (Å²) in [4.78, 5) is 0. The number of rotatable bonds is 2. The van der Waals surface area contributed by atoms with Crippen molar-refractivity contribution in [1.29, 1.82) is 0 Å². The van der Waals surface area contributed by atoms with Crippen molar-refractivity contribution < 1.29 is 52.7 Å². The van der Waals surface area contributed by atoms with Crippen LogP contribution in [0.3, 0.4) is 0 Å². The molecule has 0 aliphatic heterocycles. The molecule has 0 radical (unpaired) electrons. The molecule has 0 saturated heterocycles. The average Bonchev–Trinajstić information content (AvgIpc) is 2.87. The zero-order chi connectivity index (χ0) is 27.8. The summed E-state index contributed by atoms with van der Waals surface area (Å²) in [5.41, 5.74) is -4.78. The molecule has 0 atom stereocenters. The summed E-state index contributed by atoms with van der Waals surface area (Å²) in [7, 11) is 0. The molecule has 194 valence electrons. The molecule has 0 aliphatic carbocycles. The third kappa shape index (κ3) is 3.50. The van der Waals surface area contributed by atoms with Crippen LogP contribution in [0.25, 0.3) is 43.8 Å². The second-order valence-electron chi connectivity index (χ2n) is 8.04. The molecule has 38 heavy (non-hydrogen) atoms. The molecule has 0 N–H and O–H groups in total. The third-order valence-corrected chi connectivity index (χ3v) is 5.92. The number of benzene rings is 5. The van der Waals surface area contributed by atoms with Crippen molar-refractivity contribution in [2.45, 2.75) is 0 Å². The summed E-state index contributed by atoms with van der Waals surface area (Å²) in [6, 6.07) is 2.09. The van der Waals surface area contributed by atoms with E-state index in [9.17, 15) is 43.9 Å². The maximum atomic E-state index is 15.3. The summed E-state index contributed by atoms with van der Waals surface area (Å²) in [5.74, 6) is -25.0. The van der Waals surface area contributed by atoms with E-state index in [1.165, 1.54) is 0 Å². The number of hydrogen-bond acceptors (Lipinski definition) is 0. The van der Waals surface area contributed by atoms with Crippen LogP contribution >= 0.6 is 0 Å². The van der Waals surface area contributed by atoms with E-state index in [1.54, 1.807) is 0 Å².